The van der Waals surface area contributed by atoms with Crippen LogP contribution in [0.4, 0.5) is 5.69 Å². The summed E-state index contributed by atoms with van der Waals surface area (Å²) in [4.78, 5) is 24.6. The van der Waals surface area contributed by atoms with Crippen LogP contribution < -0.4 is 5.32 Å². The first kappa shape index (κ1) is 16.7. The standard InChI is InChI=1S/C18H26N2O2/c1-14(2)18(22)19-17-6-3-5-16(13-17)15-7-10-20(11-8-15)9-4-12-21/h3,5-6,12-15H,4,7-11H2,1-2H3,(H,19,22). The van der Waals surface area contributed by atoms with Gasteiger partial charge in [0.05, 0.1) is 0 Å². The van der Waals surface area contributed by atoms with Crippen LogP contribution in [0.3, 0.4) is 0 Å². The van der Waals surface area contributed by atoms with Crippen molar-refractivity contribution >= 4 is 17.9 Å². The molecule has 1 saturated heterocycles. The molecule has 4 nitrogen and oxygen atoms in total. The summed E-state index contributed by atoms with van der Waals surface area (Å²) >= 11 is 0. The average Bonchev–Trinajstić information content (AvgIpc) is 2.53. The van der Waals surface area contributed by atoms with Crippen molar-refractivity contribution in [1.82, 2.24) is 4.90 Å². The summed E-state index contributed by atoms with van der Waals surface area (Å²) in [5.74, 6) is 0.592. The molecule has 4 heteroatoms. The zero-order valence-electron chi connectivity index (χ0n) is 13.5. The molecule has 1 amide bonds. The topological polar surface area (TPSA) is 49.4 Å². The van der Waals surface area contributed by atoms with Gasteiger partial charge in [-0.05, 0) is 49.5 Å². The number of hydrogen-bond acceptors (Lipinski definition) is 3. The number of carbonyl (C=O) groups excluding carboxylic acids is 2. The zero-order chi connectivity index (χ0) is 15.9. The summed E-state index contributed by atoms with van der Waals surface area (Å²) in [5.41, 5.74) is 2.19. The number of hydrogen-bond donors (Lipinski definition) is 1. The van der Waals surface area contributed by atoms with Gasteiger partial charge in [-0.2, -0.15) is 0 Å². The maximum absolute atomic E-state index is 11.8. The van der Waals surface area contributed by atoms with Gasteiger partial charge < -0.3 is 15.0 Å². The van der Waals surface area contributed by atoms with Gasteiger partial charge >= 0.3 is 0 Å². The van der Waals surface area contributed by atoms with E-state index in [2.05, 4.69) is 22.3 Å². The molecule has 0 unspecified atom stereocenters. The van der Waals surface area contributed by atoms with Gasteiger partial charge in [0.15, 0.2) is 0 Å². The number of likely N-dealkylation sites (tertiary alicyclic amines) is 1. The van der Waals surface area contributed by atoms with Gasteiger partial charge in [-0.1, -0.05) is 26.0 Å². The Morgan fingerprint density at radius 1 is 1.36 bits per heavy atom. The van der Waals surface area contributed by atoms with Gasteiger partial charge in [-0.3, -0.25) is 4.79 Å². The second-order valence-electron chi connectivity index (χ2n) is 6.34. The molecule has 1 fully saturated rings. The number of carbonyl (C=O) groups is 2. The van der Waals surface area contributed by atoms with Gasteiger partial charge in [0.1, 0.15) is 6.29 Å². The SMILES string of the molecule is CC(C)C(=O)Nc1cccc(C2CCN(CCC=O)CC2)c1. The van der Waals surface area contributed by atoms with E-state index < -0.39 is 0 Å². The molecule has 0 bridgehead atoms. The van der Waals surface area contributed by atoms with Gasteiger partial charge in [-0.25, -0.2) is 0 Å². The van der Waals surface area contributed by atoms with E-state index in [1.807, 2.05) is 26.0 Å². The summed E-state index contributed by atoms with van der Waals surface area (Å²) in [6.07, 6.45) is 3.84. The molecule has 0 saturated carbocycles. The van der Waals surface area contributed by atoms with Gasteiger partial charge in [0.2, 0.25) is 5.91 Å². The van der Waals surface area contributed by atoms with Crippen LogP contribution in [0.15, 0.2) is 24.3 Å². The zero-order valence-corrected chi connectivity index (χ0v) is 13.5. The molecule has 0 aliphatic carbocycles. The summed E-state index contributed by atoms with van der Waals surface area (Å²) in [6, 6.07) is 8.22. The summed E-state index contributed by atoms with van der Waals surface area (Å²) in [7, 11) is 0. The number of piperidine rings is 1. The third kappa shape index (κ3) is 4.67. The van der Waals surface area contributed by atoms with E-state index in [4.69, 9.17) is 0 Å². The Balaban J connectivity index is 1.93. The lowest BCUT2D eigenvalue weighted by Gasteiger charge is -2.31. The van der Waals surface area contributed by atoms with Crippen LogP contribution in [0.5, 0.6) is 0 Å². The van der Waals surface area contributed by atoms with Crippen molar-refractivity contribution in [1.29, 1.82) is 0 Å². The highest BCUT2D eigenvalue weighted by atomic mass is 16.1. The first-order chi connectivity index (χ1) is 10.6. The van der Waals surface area contributed by atoms with Crippen molar-refractivity contribution in [2.45, 2.75) is 39.0 Å². The van der Waals surface area contributed by atoms with Gasteiger partial charge in [0.25, 0.3) is 0 Å². The van der Waals surface area contributed by atoms with Crippen LogP contribution in [0.2, 0.25) is 0 Å². The Kier molecular flexibility index (Phi) is 6.13. The van der Waals surface area contributed by atoms with E-state index in [1.165, 1.54) is 5.56 Å². The van der Waals surface area contributed by atoms with Crippen molar-refractivity contribution in [3.05, 3.63) is 29.8 Å². The van der Waals surface area contributed by atoms with Gasteiger partial charge in [-0.15, -0.1) is 0 Å². The van der Waals surface area contributed by atoms with Crippen LogP contribution in [-0.2, 0) is 9.59 Å². The van der Waals surface area contributed by atoms with Gasteiger partial charge in [0, 0.05) is 24.6 Å². The Labute approximate surface area is 132 Å². The first-order valence-electron chi connectivity index (χ1n) is 8.17. The molecule has 1 aromatic rings. The van der Waals surface area contributed by atoms with Crippen LogP contribution >= 0.6 is 0 Å². The number of nitrogens with zero attached hydrogens (tertiary/aromatic N) is 1. The van der Waals surface area contributed by atoms with Crippen LogP contribution in [0, 0.1) is 5.92 Å². The monoisotopic (exact) mass is 302 g/mol. The normalized spacial score (nSPS) is 16.7. The average molecular weight is 302 g/mol. The number of anilines is 1. The van der Waals surface area contributed by atoms with Crippen molar-refractivity contribution < 1.29 is 9.59 Å². The third-order valence-electron chi connectivity index (χ3n) is 4.30. The maximum Gasteiger partial charge on any atom is 0.226 e. The highest BCUT2D eigenvalue weighted by molar-refractivity contribution is 5.92. The van der Waals surface area contributed by atoms with E-state index in [0.29, 0.717) is 12.3 Å². The summed E-state index contributed by atoms with van der Waals surface area (Å²) in [6.45, 7) is 6.76. The lowest BCUT2D eigenvalue weighted by Crippen LogP contribution is -2.33. The molecule has 2 rings (SSSR count). The molecular weight excluding hydrogens is 276 g/mol. The molecule has 1 heterocycles. The van der Waals surface area contributed by atoms with E-state index in [1.54, 1.807) is 0 Å². The molecule has 120 valence electrons. The molecule has 0 radical (unpaired) electrons. The maximum atomic E-state index is 11.8. The molecule has 22 heavy (non-hydrogen) atoms. The van der Waals surface area contributed by atoms with E-state index >= 15 is 0 Å². The van der Waals surface area contributed by atoms with E-state index in [0.717, 1.165) is 44.4 Å². The van der Waals surface area contributed by atoms with Crippen molar-refractivity contribution in [2.24, 2.45) is 5.92 Å². The smallest absolute Gasteiger partial charge is 0.226 e. The minimum absolute atomic E-state index is 0.00952. The molecule has 0 spiro atoms. The quantitative estimate of drug-likeness (QED) is 0.822. The fourth-order valence-corrected chi connectivity index (χ4v) is 2.88. The number of aldehydes is 1. The Morgan fingerprint density at radius 3 is 2.73 bits per heavy atom. The highest BCUT2D eigenvalue weighted by Crippen LogP contribution is 2.29. The summed E-state index contributed by atoms with van der Waals surface area (Å²) < 4.78 is 0. The van der Waals surface area contributed by atoms with E-state index in [-0.39, 0.29) is 11.8 Å². The van der Waals surface area contributed by atoms with Crippen molar-refractivity contribution in [3.63, 3.8) is 0 Å². The van der Waals surface area contributed by atoms with Crippen LogP contribution in [0.1, 0.15) is 44.6 Å². The molecular formula is C18H26N2O2. The second kappa shape index (κ2) is 8.08. The van der Waals surface area contributed by atoms with Crippen LogP contribution in [0.25, 0.3) is 0 Å². The Hall–Kier alpha value is -1.68. The largest absolute Gasteiger partial charge is 0.326 e. The Morgan fingerprint density at radius 2 is 2.09 bits per heavy atom. The molecule has 1 aromatic carbocycles. The number of benzene rings is 1. The molecule has 1 N–H and O–H groups in total. The first-order valence-corrected chi connectivity index (χ1v) is 8.17. The molecule has 1 aliphatic rings. The molecule has 1 aliphatic heterocycles. The highest BCUT2D eigenvalue weighted by Gasteiger charge is 2.20. The van der Waals surface area contributed by atoms with Crippen molar-refractivity contribution in [3.8, 4) is 0 Å². The predicted molar refractivity (Wildman–Crippen MR) is 89.0 cm³/mol. The summed E-state index contributed by atoms with van der Waals surface area (Å²) in [5, 5.41) is 2.97. The minimum Gasteiger partial charge on any atom is -0.326 e. The second-order valence-corrected chi connectivity index (χ2v) is 6.34. The molecule has 0 aromatic heterocycles. The predicted octanol–water partition coefficient (Wildman–Crippen LogP) is 3.05. The fraction of sp³-hybridized carbons (Fsp3) is 0.556. The minimum atomic E-state index is -0.00952. The lowest BCUT2D eigenvalue weighted by atomic mass is 9.89. The van der Waals surface area contributed by atoms with Crippen molar-refractivity contribution in [2.75, 3.05) is 25.0 Å². The third-order valence-corrected chi connectivity index (χ3v) is 4.30. The number of rotatable bonds is 6. The fourth-order valence-electron chi connectivity index (χ4n) is 2.88. The lowest BCUT2D eigenvalue weighted by molar-refractivity contribution is -0.118. The number of nitrogens with one attached hydrogen (secondary N) is 1. The molecule has 0 atom stereocenters. The Bertz CT molecular complexity index is 506. The van der Waals surface area contributed by atoms with Crippen LogP contribution in [-0.4, -0.2) is 36.7 Å². The van der Waals surface area contributed by atoms with E-state index in [9.17, 15) is 9.59 Å². The number of amides is 1.